The van der Waals surface area contributed by atoms with E-state index in [2.05, 4.69) is 5.32 Å². The number of piperidine rings is 1. The van der Waals surface area contributed by atoms with Crippen molar-refractivity contribution in [2.24, 2.45) is 0 Å². The summed E-state index contributed by atoms with van der Waals surface area (Å²) in [6.45, 7) is 0.421. The monoisotopic (exact) mass is 438 g/mol. The van der Waals surface area contributed by atoms with Crippen LogP contribution >= 0.6 is 23.4 Å². The molecule has 5 nitrogen and oxygen atoms in total. The van der Waals surface area contributed by atoms with Crippen molar-refractivity contribution in [3.8, 4) is 0 Å². The first-order valence-electron chi connectivity index (χ1n) is 9.12. The summed E-state index contributed by atoms with van der Waals surface area (Å²) >= 11 is 7.44. The van der Waals surface area contributed by atoms with Crippen LogP contribution in [0.4, 0.5) is 5.69 Å². The first-order chi connectivity index (χ1) is 13.4. The summed E-state index contributed by atoms with van der Waals surface area (Å²) in [5, 5.41) is 3.42. The number of nitrogens with zero attached hydrogens (tertiary/aromatic N) is 1. The van der Waals surface area contributed by atoms with E-state index in [9.17, 15) is 13.2 Å². The zero-order chi connectivity index (χ0) is 20.1. The van der Waals surface area contributed by atoms with Crippen LogP contribution in [0.2, 0.25) is 5.02 Å². The number of benzene rings is 2. The molecular formula is C20H23ClN2O3S2. The molecule has 3 rings (SSSR count). The molecule has 1 heterocycles. The molecule has 1 fully saturated rings. The summed E-state index contributed by atoms with van der Waals surface area (Å²) < 4.78 is 27.7. The summed E-state index contributed by atoms with van der Waals surface area (Å²) in [4.78, 5) is 13.8. The minimum Gasteiger partial charge on any atom is -0.325 e. The van der Waals surface area contributed by atoms with Crippen molar-refractivity contribution in [1.29, 1.82) is 0 Å². The molecule has 1 aliphatic rings. The lowest BCUT2D eigenvalue weighted by Gasteiger charge is -2.34. The molecule has 1 N–H and O–H groups in total. The van der Waals surface area contributed by atoms with Crippen molar-refractivity contribution in [3.05, 3.63) is 53.6 Å². The van der Waals surface area contributed by atoms with Gasteiger partial charge in [0.25, 0.3) is 0 Å². The molecule has 0 aliphatic carbocycles. The van der Waals surface area contributed by atoms with Gasteiger partial charge in [-0.2, -0.15) is 4.31 Å². The van der Waals surface area contributed by atoms with Crippen LogP contribution < -0.4 is 5.32 Å². The number of anilines is 1. The first kappa shape index (κ1) is 21.2. The van der Waals surface area contributed by atoms with Gasteiger partial charge in [0.15, 0.2) is 0 Å². The quantitative estimate of drug-likeness (QED) is 0.667. The van der Waals surface area contributed by atoms with Crippen LogP contribution in [-0.2, 0) is 14.8 Å². The van der Waals surface area contributed by atoms with Crippen molar-refractivity contribution in [2.75, 3.05) is 18.1 Å². The number of carbonyl (C=O) groups is 1. The number of carbonyl (C=O) groups excluding carboxylic acids is 1. The smallest absolute Gasteiger partial charge is 0.243 e. The molecule has 28 heavy (non-hydrogen) atoms. The molecule has 1 unspecified atom stereocenters. The van der Waals surface area contributed by atoms with Gasteiger partial charge in [-0.05, 0) is 55.5 Å². The van der Waals surface area contributed by atoms with Gasteiger partial charge < -0.3 is 5.32 Å². The second-order valence-electron chi connectivity index (χ2n) is 6.67. The molecule has 0 saturated carbocycles. The van der Waals surface area contributed by atoms with Crippen LogP contribution in [0.3, 0.4) is 0 Å². The molecule has 8 heteroatoms. The SMILES string of the molecule is CSc1ccccc1NC(=O)CC1CCCCN1S(=O)(=O)c1ccc(Cl)cc1. The molecule has 1 atom stereocenters. The molecule has 150 valence electrons. The molecule has 2 aromatic carbocycles. The fourth-order valence-corrected chi connectivity index (χ4v) is 5.77. The Labute approximate surface area is 175 Å². The van der Waals surface area contributed by atoms with Crippen molar-refractivity contribution >= 4 is 45.0 Å². The number of rotatable bonds is 6. The van der Waals surface area contributed by atoms with Crippen LogP contribution in [0.25, 0.3) is 0 Å². The van der Waals surface area contributed by atoms with E-state index in [4.69, 9.17) is 11.6 Å². The molecule has 1 aliphatic heterocycles. The second kappa shape index (κ2) is 9.31. The molecule has 1 saturated heterocycles. The topological polar surface area (TPSA) is 66.5 Å². The molecule has 2 aromatic rings. The van der Waals surface area contributed by atoms with Crippen molar-refractivity contribution < 1.29 is 13.2 Å². The Balaban J connectivity index is 1.76. The van der Waals surface area contributed by atoms with E-state index in [1.165, 1.54) is 16.4 Å². The minimum absolute atomic E-state index is 0.134. The Morgan fingerprint density at radius 3 is 2.61 bits per heavy atom. The van der Waals surface area contributed by atoms with Gasteiger partial charge in [0, 0.05) is 28.9 Å². The number of hydrogen-bond acceptors (Lipinski definition) is 4. The van der Waals surface area contributed by atoms with E-state index in [1.807, 2.05) is 30.5 Å². The van der Waals surface area contributed by atoms with Gasteiger partial charge in [0.05, 0.1) is 10.6 Å². The first-order valence-corrected chi connectivity index (χ1v) is 12.2. The zero-order valence-corrected chi connectivity index (χ0v) is 18.0. The number of halogens is 1. The van der Waals surface area contributed by atoms with Gasteiger partial charge in [-0.15, -0.1) is 11.8 Å². The highest BCUT2D eigenvalue weighted by atomic mass is 35.5. The lowest BCUT2D eigenvalue weighted by molar-refractivity contribution is -0.117. The Hall–Kier alpha value is -1.54. The lowest BCUT2D eigenvalue weighted by Crippen LogP contribution is -2.45. The van der Waals surface area contributed by atoms with Gasteiger partial charge in [0.2, 0.25) is 15.9 Å². The van der Waals surface area contributed by atoms with Crippen LogP contribution in [0, 0.1) is 0 Å². The maximum Gasteiger partial charge on any atom is 0.243 e. The summed E-state index contributed by atoms with van der Waals surface area (Å²) in [7, 11) is -3.67. The van der Waals surface area contributed by atoms with Gasteiger partial charge >= 0.3 is 0 Å². The molecular weight excluding hydrogens is 416 g/mol. The van der Waals surface area contributed by atoms with E-state index < -0.39 is 10.0 Å². The maximum atomic E-state index is 13.1. The van der Waals surface area contributed by atoms with Crippen LogP contribution in [0.1, 0.15) is 25.7 Å². The van der Waals surface area contributed by atoms with E-state index in [0.29, 0.717) is 18.0 Å². The van der Waals surface area contributed by atoms with E-state index in [-0.39, 0.29) is 23.3 Å². The zero-order valence-electron chi connectivity index (χ0n) is 15.6. The summed E-state index contributed by atoms with van der Waals surface area (Å²) in [5.41, 5.74) is 0.753. The van der Waals surface area contributed by atoms with E-state index in [0.717, 1.165) is 23.4 Å². The average Bonchev–Trinajstić information content (AvgIpc) is 2.69. The van der Waals surface area contributed by atoms with E-state index in [1.54, 1.807) is 23.9 Å². The highest BCUT2D eigenvalue weighted by Gasteiger charge is 2.34. The third-order valence-electron chi connectivity index (χ3n) is 4.80. The predicted molar refractivity (Wildman–Crippen MR) is 114 cm³/mol. The third-order valence-corrected chi connectivity index (χ3v) is 7.81. The van der Waals surface area contributed by atoms with E-state index >= 15 is 0 Å². The number of para-hydroxylation sites is 1. The van der Waals surface area contributed by atoms with Gasteiger partial charge in [-0.3, -0.25) is 4.79 Å². The number of sulfonamides is 1. The maximum absolute atomic E-state index is 13.1. The highest BCUT2D eigenvalue weighted by Crippen LogP contribution is 2.29. The number of amides is 1. The average molecular weight is 439 g/mol. The lowest BCUT2D eigenvalue weighted by atomic mass is 10.0. The third kappa shape index (κ3) is 4.89. The molecule has 0 bridgehead atoms. The fraction of sp³-hybridized carbons (Fsp3) is 0.350. The summed E-state index contributed by atoms with van der Waals surface area (Å²) in [5.74, 6) is -0.176. The Bertz CT molecular complexity index is 933. The van der Waals surface area contributed by atoms with Crippen molar-refractivity contribution in [2.45, 2.75) is 41.5 Å². The fourth-order valence-electron chi connectivity index (χ4n) is 3.40. The van der Waals surface area contributed by atoms with Crippen LogP contribution in [0.15, 0.2) is 58.3 Å². The Morgan fingerprint density at radius 2 is 1.89 bits per heavy atom. The second-order valence-corrected chi connectivity index (χ2v) is 9.85. The standard InChI is InChI=1S/C20H23ClN2O3S2/c1-27-19-8-3-2-7-18(19)22-20(24)14-16-6-4-5-13-23(16)28(25,26)17-11-9-15(21)10-12-17/h2-3,7-12,16H,4-6,13-14H2,1H3,(H,22,24). The minimum atomic E-state index is -3.67. The number of nitrogens with one attached hydrogen (secondary N) is 1. The van der Waals surface area contributed by atoms with Gasteiger partial charge in [-0.25, -0.2) is 8.42 Å². The molecule has 0 spiro atoms. The van der Waals surface area contributed by atoms with Crippen LogP contribution in [0.5, 0.6) is 0 Å². The number of thioether (sulfide) groups is 1. The van der Waals surface area contributed by atoms with Crippen molar-refractivity contribution in [3.63, 3.8) is 0 Å². The highest BCUT2D eigenvalue weighted by molar-refractivity contribution is 7.98. The van der Waals surface area contributed by atoms with Crippen molar-refractivity contribution in [1.82, 2.24) is 4.31 Å². The van der Waals surface area contributed by atoms with Gasteiger partial charge in [-0.1, -0.05) is 30.2 Å². The molecule has 1 amide bonds. The number of hydrogen-bond donors (Lipinski definition) is 1. The largest absolute Gasteiger partial charge is 0.325 e. The Morgan fingerprint density at radius 1 is 1.18 bits per heavy atom. The molecule has 0 radical (unpaired) electrons. The van der Waals surface area contributed by atoms with Crippen LogP contribution in [-0.4, -0.2) is 37.5 Å². The molecule has 0 aromatic heterocycles. The summed E-state index contributed by atoms with van der Waals surface area (Å²) in [6.07, 6.45) is 4.46. The van der Waals surface area contributed by atoms with Gasteiger partial charge in [0.1, 0.15) is 0 Å². The predicted octanol–water partition coefficient (Wildman–Crippen LogP) is 4.63. The summed E-state index contributed by atoms with van der Waals surface area (Å²) in [6, 6.07) is 13.4. The normalized spacial score (nSPS) is 18.0. The Kier molecular flexibility index (Phi) is 7.04.